The van der Waals surface area contributed by atoms with Crippen molar-refractivity contribution < 1.29 is 14.3 Å². The molecule has 4 heterocycles. The van der Waals surface area contributed by atoms with Crippen molar-refractivity contribution in [3.8, 4) is 34.1 Å². The number of aromatic nitrogens is 5. The van der Waals surface area contributed by atoms with E-state index in [4.69, 9.17) is 14.6 Å². The molecule has 0 saturated carbocycles. The van der Waals surface area contributed by atoms with Gasteiger partial charge in [-0.05, 0) is 54.6 Å². The van der Waals surface area contributed by atoms with E-state index in [2.05, 4.69) is 20.5 Å². The number of hydrogen-bond donors (Lipinski definition) is 1. The molecule has 0 fully saturated rings. The minimum absolute atomic E-state index is 0.162. The molecule has 160 valence electrons. The lowest BCUT2D eigenvalue weighted by Gasteiger charge is -2.08. The zero-order chi connectivity index (χ0) is 22.2. The Morgan fingerprint density at radius 2 is 1.76 bits per heavy atom. The molecule has 9 nitrogen and oxygen atoms in total. The van der Waals surface area contributed by atoms with Crippen LogP contribution in [0.5, 0.6) is 11.5 Å². The molecule has 0 unspecified atom stereocenters. The number of benzene rings is 2. The quantitative estimate of drug-likeness (QED) is 0.457. The Morgan fingerprint density at radius 1 is 0.879 bits per heavy atom. The molecule has 3 aromatic heterocycles. The normalized spacial score (nSPS) is 12.1. The second kappa shape index (κ2) is 7.72. The van der Waals surface area contributed by atoms with Gasteiger partial charge in [0.25, 0.3) is 5.91 Å². The molecule has 5 aromatic rings. The standard InChI is InChI=1S/C24H16N6O3/c31-24(17-4-6-20-21(13-17)33-14-32-20)26-18-3-1-2-16(12-18)19-5-7-22-27-28-23(30(22)29-19)15-8-10-25-11-9-15/h1-13H,14H2,(H,26,31). The second-order valence-electron chi connectivity index (χ2n) is 7.35. The van der Waals surface area contributed by atoms with Crippen LogP contribution in [0.1, 0.15) is 10.4 Å². The van der Waals surface area contributed by atoms with Gasteiger partial charge in [0.2, 0.25) is 6.79 Å². The van der Waals surface area contributed by atoms with Crippen molar-refractivity contribution in [2.24, 2.45) is 0 Å². The highest BCUT2D eigenvalue weighted by Crippen LogP contribution is 2.33. The van der Waals surface area contributed by atoms with Gasteiger partial charge in [0, 0.05) is 34.8 Å². The molecular formula is C24H16N6O3. The summed E-state index contributed by atoms with van der Waals surface area (Å²) in [5, 5.41) is 16.1. The van der Waals surface area contributed by atoms with Crippen molar-refractivity contribution in [1.29, 1.82) is 0 Å². The third-order valence-electron chi connectivity index (χ3n) is 5.25. The number of ether oxygens (including phenoxy) is 2. The number of amides is 1. The van der Waals surface area contributed by atoms with E-state index >= 15 is 0 Å². The summed E-state index contributed by atoms with van der Waals surface area (Å²) in [5.74, 6) is 1.58. The van der Waals surface area contributed by atoms with Gasteiger partial charge >= 0.3 is 0 Å². The molecule has 1 N–H and O–H groups in total. The average molecular weight is 436 g/mol. The Labute approximate surface area is 187 Å². The van der Waals surface area contributed by atoms with Gasteiger partial charge in [-0.15, -0.1) is 10.2 Å². The maximum atomic E-state index is 12.8. The number of pyridine rings is 1. The smallest absolute Gasteiger partial charge is 0.255 e. The highest BCUT2D eigenvalue weighted by Gasteiger charge is 2.17. The van der Waals surface area contributed by atoms with E-state index in [-0.39, 0.29) is 12.7 Å². The second-order valence-corrected chi connectivity index (χ2v) is 7.35. The Morgan fingerprint density at radius 3 is 2.67 bits per heavy atom. The number of nitrogens with zero attached hydrogens (tertiary/aromatic N) is 5. The van der Waals surface area contributed by atoms with Gasteiger partial charge in [0.1, 0.15) is 0 Å². The molecule has 1 aliphatic rings. The summed E-state index contributed by atoms with van der Waals surface area (Å²) < 4.78 is 12.4. The summed E-state index contributed by atoms with van der Waals surface area (Å²) in [5.41, 5.74) is 4.20. The van der Waals surface area contributed by atoms with Crippen LogP contribution in [0, 0.1) is 0 Å². The first-order valence-electron chi connectivity index (χ1n) is 10.2. The maximum Gasteiger partial charge on any atom is 0.255 e. The number of rotatable bonds is 4. The maximum absolute atomic E-state index is 12.8. The van der Waals surface area contributed by atoms with E-state index < -0.39 is 0 Å². The third kappa shape index (κ3) is 3.51. The van der Waals surface area contributed by atoms with Crippen LogP contribution in [-0.4, -0.2) is 37.5 Å². The zero-order valence-corrected chi connectivity index (χ0v) is 17.2. The van der Waals surface area contributed by atoms with Crippen LogP contribution < -0.4 is 14.8 Å². The monoisotopic (exact) mass is 436 g/mol. The van der Waals surface area contributed by atoms with Crippen molar-refractivity contribution in [1.82, 2.24) is 24.8 Å². The Kier molecular flexibility index (Phi) is 4.43. The molecule has 1 aliphatic heterocycles. The lowest BCUT2D eigenvalue weighted by molar-refractivity contribution is 0.102. The van der Waals surface area contributed by atoms with Crippen LogP contribution in [0.15, 0.2) is 79.1 Å². The van der Waals surface area contributed by atoms with Crippen LogP contribution in [0.25, 0.3) is 28.3 Å². The topological polar surface area (TPSA) is 104 Å². The molecule has 1 amide bonds. The summed E-state index contributed by atoms with van der Waals surface area (Å²) in [6, 6.07) is 20.0. The number of carbonyl (C=O) groups is 1. The Bertz CT molecular complexity index is 1500. The number of carbonyl (C=O) groups excluding carboxylic acids is 1. The summed E-state index contributed by atoms with van der Waals surface area (Å²) in [4.78, 5) is 16.8. The highest BCUT2D eigenvalue weighted by molar-refractivity contribution is 6.05. The van der Waals surface area contributed by atoms with E-state index in [1.807, 2.05) is 48.5 Å². The predicted molar refractivity (Wildman–Crippen MR) is 120 cm³/mol. The van der Waals surface area contributed by atoms with Crippen molar-refractivity contribution >= 4 is 17.2 Å². The molecule has 0 spiro atoms. The zero-order valence-electron chi connectivity index (χ0n) is 17.2. The van der Waals surface area contributed by atoms with Gasteiger partial charge in [-0.1, -0.05) is 12.1 Å². The van der Waals surface area contributed by atoms with Gasteiger partial charge in [-0.2, -0.15) is 9.61 Å². The van der Waals surface area contributed by atoms with Gasteiger partial charge in [-0.25, -0.2) is 0 Å². The number of hydrogen-bond acceptors (Lipinski definition) is 7. The first kappa shape index (κ1) is 18.9. The minimum Gasteiger partial charge on any atom is -0.454 e. The van der Waals surface area contributed by atoms with E-state index in [1.54, 1.807) is 35.1 Å². The molecule has 0 saturated heterocycles. The van der Waals surface area contributed by atoms with Crippen molar-refractivity contribution in [3.63, 3.8) is 0 Å². The fraction of sp³-hybridized carbons (Fsp3) is 0.0417. The molecule has 0 atom stereocenters. The Balaban J connectivity index is 1.30. The van der Waals surface area contributed by atoms with E-state index in [1.165, 1.54) is 0 Å². The molecule has 0 aliphatic carbocycles. The van der Waals surface area contributed by atoms with Crippen molar-refractivity contribution in [2.75, 3.05) is 12.1 Å². The first-order valence-corrected chi connectivity index (χ1v) is 10.2. The van der Waals surface area contributed by atoms with Gasteiger partial charge in [0.05, 0.1) is 5.69 Å². The van der Waals surface area contributed by atoms with Crippen LogP contribution in [0.4, 0.5) is 5.69 Å². The third-order valence-corrected chi connectivity index (χ3v) is 5.25. The molecule has 0 bridgehead atoms. The SMILES string of the molecule is O=C(Nc1cccc(-c2ccc3nnc(-c4ccncc4)n3n2)c1)c1ccc2c(c1)OCO2. The van der Waals surface area contributed by atoms with Crippen LogP contribution >= 0.6 is 0 Å². The molecule has 6 rings (SSSR count). The summed E-state index contributed by atoms with van der Waals surface area (Å²) in [6.45, 7) is 0.162. The minimum atomic E-state index is -0.243. The predicted octanol–water partition coefficient (Wildman–Crippen LogP) is 3.83. The van der Waals surface area contributed by atoms with Crippen LogP contribution in [0.2, 0.25) is 0 Å². The number of fused-ring (bicyclic) bond motifs is 2. The van der Waals surface area contributed by atoms with Crippen LogP contribution in [-0.2, 0) is 0 Å². The lowest BCUT2D eigenvalue weighted by atomic mass is 10.1. The first-order chi connectivity index (χ1) is 16.2. The van der Waals surface area contributed by atoms with Gasteiger partial charge in [-0.3, -0.25) is 9.78 Å². The molecule has 9 heteroatoms. The van der Waals surface area contributed by atoms with Gasteiger partial charge in [0.15, 0.2) is 23.0 Å². The number of anilines is 1. The van der Waals surface area contributed by atoms with Crippen molar-refractivity contribution in [2.45, 2.75) is 0 Å². The Hall–Kier alpha value is -4.79. The highest BCUT2D eigenvalue weighted by atomic mass is 16.7. The summed E-state index contributed by atoms with van der Waals surface area (Å²) in [7, 11) is 0. The molecule has 2 aromatic carbocycles. The fourth-order valence-corrected chi connectivity index (χ4v) is 3.62. The number of nitrogens with one attached hydrogen (secondary N) is 1. The summed E-state index contributed by atoms with van der Waals surface area (Å²) in [6.07, 6.45) is 3.40. The van der Waals surface area contributed by atoms with E-state index in [9.17, 15) is 4.79 Å². The average Bonchev–Trinajstić information content (AvgIpc) is 3.51. The van der Waals surface area contributed by atoms with E-state index in [0.717, 1.165) is 16.8 Å². The lowest BCUT2D eigenvalue weighted by Crippen LogP contribution is -2.11. The van der Waals surface area contributed by atoms with Crippen molar-refractivity contribution in [3.05, 3.63) is 84.7 Å². The van der Waals surface area contributed by atoms with Gasteiger partial charge < -0.3 is 14.8 Å². The van der Waals surface area contributed by atoms with E-state index in [0.29, 0.717) is 34.2 Å². The molecule has 33 heavy (non-hydrogen) atoms. The largest absolute Gasteiger partial charge is 0.454 e. The molecule has 0 radical (unpaired) electrons. The molecular weight excluding hydrogens is 420 g/mol. The van der Waals surface area contributed by atoms with Crippen LogP contribution in [0.3, 0.4) is 0 Å². The fourth-order valence-electron chi connectivity index (χ4n) is 3.62. The summed E-state index contributed by atoms with van der Waals surface area (Å²) >= 11 is 0.